The van der Waals surface area contributed by atoms with Gasteiger partial charge in [-0.2, -0.15) is 0 Å². The number of nitrogens with two attached hydrogens (primary N) is 1. The highest BCUT2D eigenvalue weighted by atomic mass is 35.5. The lowest BCUT2D eigenvalue weighted by atomic mass is 10.1. The number of hydrogen-bond acceptors (Lipinski definition) is 5. The third-order valence-electron chi connectivity index (χ3n) is 3.35. The lowest BCUT2D eigenvalue weighted by Gasteiger charge is -2.11. The number of carbonyl (C=O) groups excluding carboxylic acids is 1. The first-order chi connectivity index (χ1) is 12.2. The highest BCUT2D eigenvalue weighted by molar-refractivity contribution is 7.89. The van der Waals surface area contributed by atoms with E-state index < -0.39 is 15.9 Å². The monoisotopic (exact) mass is 415 g/mol. The van der Waals surface area contributed by atoms with Crippen molar-refractivity contribution in [3.63, 3.8) is 0 Å². The van der Waals surface area contributed by atoms with Gasteiger partial charge in [-0.1, -0.05) is 13.0 Å². The van der Waals surface area contributed by atoms with E-state index in [0.29, 0.717) is 5.75 Å². The maximum atomic E-state index is 12.0. The summed E-state index contributed by atoms with van der Waals surface area (Å²) in [4.78, 5) is 14.7. The summed E-state index contributed by atoms with van der Waals surface area (Å²) in [5.74, 6) is -0.0114. The maximum Gasteiger partial charge on any atom is 0.240 e. The van der Waals surface area contributed by atoms with E-state index in [9.17, 15) is 13.2 Å². The molecular formula is C18H26ClN3O4S. The highest BCUT2D eigenvalue weighted by Crippen LogP contribution is 2.15. The Morgan fingerprint density at radius 3 is 2.30 bits per heavy atom. The molecule has 2 rings (SSSR count). The van der Waals surface area contributed by atoms with Crippen molar-refractivity contribution in [2.24, 2.45) is 11.7 Å². The van der Waals surface area contributed by atoms with Crippen molar-refractivity contribution in [2.75, 3.05) is 13.7 Å². The number of carbonyl (C=O) groups is 1. The van der Waals surface area contributed by atoms with Gasteiger partial charge in [0, 0.05) is 25.4 Å². The van der Waals surface area contributed by atoms with Gasteiger partial charge in [0.05, 0.1) is 12.0 Å². The van der Waals surface area contributed by atoms with Gasteiger partial charge in [-0.05, 0) is 48.7 Å². The van der Waals surface area contributed by atoms with Crippen LogP contribution in [0.1, 0.15) is 18.9 Å². The Kier molecular flexibility index (Phi) is 11.3. The van der Waals surface area contributed by atoms with Gasteiger partial charge in [-0.3, -0.25) is 9.78 Å². The summed E-state index contributed by atoms with van der Waals surface area (Å²) >= 11 is 0. The summed E-state index contributed by atoms with van der Waals surface area (Å²) in [7, 11) is -2.07. The lowest BCUT2D eigenvalue weighted by Crippen LogP contribution is -2.30. The molecule has 3 N–H and O–H groups in total. The van der Waals surface area contributed by atoms with Crippen molar-refractivity contribution < 1.29 is 17.9 Å². The van der Waals surface area contributed by atoms with Gasteiger partial charge >= 0.3 is 0 Å². The molecule has 0 spiro atoms. The zero-order valence-corrected chi connectivity index (χ0v) is 17.2. The quantitative estimate of drug-likeness (QED) is 0.720. The molecule has 2 aromatic rings. The van der Waals surface area contributed by atoms with Crippen LogP contribution in [0.4, 0.5) is 0 Å². The minimum absolute atomic E-state index is 0. The van der Waals surface area contributed by atoms with Gasteiger partial charge in [-0.15, -0.1) is 12.4 Å². The number of ether oxygens (including phenoxy) is 1. The molecule has 0 saturated heterocycles. The van der Waals surface area contributed by atoms with Crippen LogP contribution in [0.5, 0.6) is 5.75 Å². The summed E-state index contributed by atoms with van der Waals surface area (Å²) in [6.45, 7) is 3.94. The molecule has 0 radical (unpaired) electrons. The van der Waals surface area contributed by atoms with E-state index in [1.807, 2.05) is 25.3 Å². The number of methoxy groups -OCH3 is 1. The van der Waals surface area contributed by atoms with E-state index in [0.717, 1.165) is 0 Å². The highest BCUT2D eigenvalue weighted by Gasteiger charge is 2.15. The SMILES string of the molecule is COc1ccc(S(=O)(=O)NC[C@H](C)CC(N)=O)cc1.Cc1cccnc1.Cl. The first kappa shape index (κ1) is 24.8. The van der Waals surface area contributed by atoms with E-state index in [1.54, 1.807) is 25.3 Å². The number of sulfonamides is 1. The minimum Gasteiger partial charge on any atom is -0.497 e. The topological polar surface area (TPSA) is 111 Å². The number of pyridine rings is 1. The van der Waals surface area contributed by atoms with Crippen molar-refractivity contribution in [1.82, 2.24) is 9.71 Å². The number of amides is 1. The van der Waals surface area contributed by atoms with Gasteiger partial charge in [-0.25, -0.2) is 13.1 Å². The second-order valence-corrected chi connectivity index (χ2v) is 7.60. The standard InChI is InChI=1S/C12H18N2O4S.C6H7N.ClH/c1-9(7-12(13)15)8-14-19(16,17)11-5-3-10(18-2)4-6-11;1-6-3-2-4-7-5-6;/h3-6,9,14H,7-8H2,1-2H3,(H2,13,15);2-5H,1H3;1H/t9-;;/m1../s1. The number of primary amides is 1. The van der Waals surface area contributed by atoms with Crippen molar-refractivity contribution in [2.45, 2.75) is 25.2 Å². The van der Waals surface area contributed by atoms with E-state index >= 15 is 0 Å². The molecule has 1 aromatic heterocycles. The Labute approximate surface area is 166 Å². The molecule has 0 aliphatic carbocycles. The third-order valence-corrected chi connectivity index (χ3v) is 4.79. The predicted octanol–water partition coefficient (Wildman–Crippen LogP) is 2.30. The molecule has 27 heavy (non-hydrogen) atoms. The molecule has 9 heteroatoms. The van der Waals surface area contributed by atoms with Crippen molar-refractivity contribution in [1.29, 1.82) is 0 Å². The number of halogens is 1. The molecule has 0 bridgehead atoms. The van der Waals surface area contributed by atoms with Gasteiger partial charge in [0.2, 0.25) is 15.9 Å². The Morgan fingerprint density at radius 2 is 1.89 bits per heavy atom. The van der Waals surface area contributed by atoms with Crippen LogP contribution in [-0.2, 0) is 14.8 Å². The number of hydrogen-bond donors (Lipinski definition) is 2. The Bertz CT molecular complexity index is 784. The number of benzene rings is 1. The molecule has 1 aromatic carbocycles. The molecule has 7 nitrogen and oxygen atoms in total. The molecular weight excluding hydrogens is 390 g/mol. The van der Waals surface area contributed by atoms with Gasteiger partial charge in [0.25, 0.3) is 0 Å². The Hall–Kier alpha value is -2.16. The van der Waals surface area contributed by atoms with Gasteiger partial charge in [0.15, 0.2) is 0 Å². The normalized spacial score (nSPS) is 11.4. The number of aromatic nitrogens is 1. The summed E-state index contributed by atoms with van der Waals surface area (Å²) in [5, 5.41) is 0. The third kappa shape index (κ3) is 9.93. The number of aryl methyl sites for hydroxylation is 1. The van der Waals surface area contributed by atoms with Crippen LogP contribution in [-0.4, -0.2) is 33.0 Å². The Balaban J connectivity index is 0.000000708. The van der Waals surface area contributed by atoms with Crippen LogP contribution in [0.25, 0.3) is 0 Å². The van der Waals surface area contributed by atoms with Crippen LogP contribution in [0.15, 0.2) is 53.7 Å². The largest absolute Gasteiger partial charge is 0.497 e. The zero-order chi connectivity index (χ0) is 19.6. The van der Waals surface area contributed by atoms with E-state index in [2.05, 4.69) is 9.71 Å². The fourth-order valence-electron chi connectivity index (χ4n) is 1.95. The summed E-state index contributed by atoms with van der Waals surface area (Å²) in [6.07, 6.45) is 3.75. The number of nitrogens with zero attached hydrogens (tertiary/aromatic N) is 1. The van der Waals surface area contributed by atoms with Crippen LogP contribution in [0.3, 0.4) is 0 Å². The average Bonchev–Trinajstić information content (AvgIpc) is 2.61. The van der Waals surface area contributed by atoms with Gasteiger partial charge < -0.3 is 10.5 Å². The zero-order valence-electron chi connectivity index (χ0n) is 15.6. The van der Waals surface area contributed by atoms with Crippen LogP contribution in [0.2, 0.25) is 0 Å². The van der Waals surface area contributed by atoms with E-state index in [4.69, 9.17) is 10.5 Å². The van der Waals surface area contributed by atoms with Gasteiger partial charge in [0.1, 0.15) is 5.75 Å². The fourth-order valence-corrected chi connectivity index (χ4v) is 3.12. The Morgan fingerprint density at radius 1 is 1.26 bits per heavy atom. The number of rotatable bonds is 7. The second kappa shape index (κ2) is 12.3. The molecule has 0 saturated carbocycles. The first-order valence-corrected chi connectivity index (χ1v) is 9.51. The van der Waals surface area contributed by atoms with E-state index in [-0.39, 0.29) is 36.2 Å². The summed E-state index contributed by atoms with van der Waals surface area (Å²) in [6, 6.07) is 10.0. The summed E-state index contributed by atoms with van der Waals surface area (Å²) < 4.78 is 31.3. The molecule has 0 aliphatic heterocycles. The smallest absolute Gasteiger partial charge is 0.240 e. The maximum absolute atomic E-state index is 12.0. The molecule has 0 aliphatic rings. The van der Waals surface area contributed by atoms with Crippen molar-refractivity contribution in [3.8, 4) is 5.75 Å². The van der Waals surface area contributed by atoms with Crippen molar-refractivity contribution in [3.05, 3.63) is 54.4 Å². The first-order valence-electron chi connectivity index (χ1n) is 8.03. The fraction of sp³-hybridized carbons (Fsp3) is 0.333. The van der Waals surface area contributed by atoms with E-state index in [1.165, 1.54) is 24.8 Å². The van der Waals surface area contributed by atoms with Crippen LogP contribution < -0.4 is 15.2 Å². The molecule has 0 unspecified atom stereocenters. The molecule has 1 amide bonds. The predicted molar refractivity (Wildman–Crippen MR) is 107 cm³/mol. The minimum atomic E-state index is -3.57. The molecule has 1 atom stereocenters. The average molecular weight is 416 g/mol. The summed E-state index contributed by atoms with van der Waals surface area (Å²) in [5.41, 5.74) is 6.26. The molecule has 0 fully saturated rings. The lowest BCUT2D eigenvalue weighted by molar-refractivity contribution is -0.118. The van der Waals surface area contributed by atoms with Crippen molar-refractivity contribution >= 4 is 28.3 Å². The molecule has 150 valence electrons. The second-order valence-electron chi connectivity index (χ2n) is 5.83. The van der Waals surface area contributed by atoms with Crippen LogP contribution in [0, 0.1) is 12.8 Å². The molecule has 1 heterocycles. The van der Waals surface area contributed by atoms with Crippen LogP contribution >= 0.6 is 12.4 Å². The number of nitrogens with one attached hydrogen (secondary N) is 1.